The van der Waals surface area contributed by atoms with Crippen molar-refractivity contribution in [2.24, 2.45) is 0 Å². The SMILES string of the molecule is COc1ccc(-c2cn3cc(Br)cc(C)c3n2)c(OC)c1. The van der Waals surface area contributed by atoms with Crippen molar-refractivity contribution < 1.29 is 9.47 Å². The van der Waals surface area contributed by atoms with Gasteiger partial charge >= 0.3 is 0 Å². The number of pyridine rings is 1. The summed E-state index contributed by atoms with van der Waals surface area (Å²) in [5.41, 5.74) is 3.86. The van der Waals surface area contributed by atoms with Gasteiger partial charge in [0.2, 0.25) is 0 Å². The zero-order valence-corrected chi connectivity index (χ0v) is 13.6. The number of hydrogen-bond donors (Lipinski definition) is 0. The Morgan fingerprint density at radius 1 is 1.10 bits per heavy atom. The Balaban J connectivity index is 2.18. The summed E-state index contributed by atoms with van der Waals surface area (Å²) in [5, 5.41) is 0. The molecule has 3 aromatic rings. The Morgan fingerprint density at radius 2 is 1.90 bits per heavy atom. The van der Waals surface area contributed by atoms with Crippen LogP contribution in [0.1, 0.15) is 5.56 Å². The lowest BCUT2D eigenvalue weighted by molar-refractivity contribution is 0.395. The van der Waals surface area contributed by atoms with Crippen molar-refractivity contribution in [1.82, 2.24) is 9.38 Å². The highest BCUT2D eigenvalue weighted by Crippen LogP contribution is 2.33. The summed E-state index contributed by atoms with van der Waals surface area (Å²) >= 11 is 3.51. The van der Waals surface area contributed by atoms with Crippen LogP contribution < -0.4 is 9.47 Å². The van der Waals surface area contributed by atoms with Crippen LogP contribution in [0.5, 0.6) is 11.5 Å². The van der Waals surface area contributed by atoms with E-state index in [0.717, 1.165) is 38.4 Å². The summed E-state index contributed by atoms with van der Waals surface area (Å²) in [7, 11) is 3.29. The monoisotopic (exact) mass is 346 g/mol. The molecule has 0 atom stereocenters. The first kappa shape index (κ1) is 13.9. The highest BCUT2D eigenvalue weighted by atomic mass is 79.9. The van der Waals surface area contributed by atoms with Gasteiger partial charge in [0.25, 0.3) is 0 Å². The Labute approximate surface area is 131 Å². The highest BCUT2D eigenvalue weighted by Gasteiger charge is 2.12. The number of fused-ring (bicyclic) bond motifs is 1. The van der Waals surface area contributed by atoms with Gasteiger partial charge in [0.05, 0.1) is 19.9 Å². The van der Waals surface area contributed by atoms with Gasteiger partial charge in [-0.3, -0.25) is 0 Å². The van der Waals surface area contributed by atoms with Crippen LogP contribution in [0.2, 0.25) is 0 Å². The maximum Gasteiger partial charge on any atom is 0.140 e. The van der Waals surface area contributed by atoms with Crippen LogP contribution in [0.15, 0.2) is 41.1 Å². The number of nitrogens with zero attached hydrogens (tertiary/aromatic N) is 2. The summed E-state index contributed by atoms with van der Waals surface area (Å²) in [6, 6.07) is 7.79. The van der Waals surface area contributed by atoms with Gasteiger partial charge in [-0.25, -0.2) is 4.98 Å². The van der Waals surface area contributed by atoms with Crippen LogP contribution >= 0.6 is 15.9 Å². The van der Waals surface area contributed by atoms with E-state index in [0.29, 0.717) is 0 Å². The van der Waals surface area contributed by atoms with Crippen LogP contribution in [0.25, 0.3) is 16.9 Å². The largest absolute Gasteiger partial charge is 0.497 e. The maximum absolute atomic E-state index is 5.45. The van der Waals surface area contributed by atoms with E-state index >= 15 is 0 Å². The van der Waals surface area contributed by atoms with E-state index in [1.165, 1.54) is 0 Å². The summed E-state index contributed by atoms with van der Waals surface area (Å²) in [6.07, 6.45) is 3.99. The van der Waals surface area contributed by atoms with Gasteiger partial charge in [-0.15, -0.1) is 0 Å². The molecule has 0 unspecified atom stereocenters. The molecule has 0 aliphatic carbocycles. The van der Waals surface area contributed by atoms with Gasteiger partial charge in [0.15, 0.2) is 0 Å². The fourth-order valence-electron chi connectivity index (χ4n) is 2.37. The van der Waals surface area contributed by atoms with Gasteiger partial charge in [0, 0.05) is 28.5 Å². The van der Waals surface area contributed by atoms with E-state index in [1.54, 1.807) is 14.2 Å². The molecule has 3 rings (SSSR count). The molecule has 0 bridgehead atoms. The minimum Gasteiger partial charge on any atom is -0.497 e. The quantitative estimate of drug-likeness (QED) is 0.716. The van der Waals surface area contributed by atoms with Crippen molar-refractivity contribution >= 4 is 21.6 Å². The third-order valence-corrected chi connectivity index (χ3v) is 3.82. The van der Waals surface area contributed by atoms with Gasteiger partial charge in [-0.2, -0.15) is 0 Å². The molecule has 2 aromatic heterocycles. The third kappa shape index (κ3) is 2.49. The Morgan fingerprint density at radius 3 is 2.62 bits per heavy atom. The molecule has 0 spiro atoms. The standard InChI is InChI=1S/C16H15BrN2O2/c1-10-6-11(17)8-19-9-14(18-16(10)19)13-5-4-12(20-2)7-15(13)21-3/h4-9H,1-3H3. The number of ether oxygens (including phenoxy) is 2. The lowest BCUT2D eigenvalue weighted by Crippen LogP contribution is -1.90. The maximum atomic E-state index is 5.45. The number of rotatable bonds is 3. The molecule has 0 radical (unpaired) electrons. The second kappa shape index (κ2) is 5.41. The van der Waals surface area contributed by atoms with Gasteiger partial charge in [-0.1, -0.05) is 0 Å². The molecule has 0 saturated carbocycles. The fraction of sp³-hybridized carbons (Fsp3) is 0.188. The topological polar surface area (TPSA) is 35.8 Å². The molecule has 108 valence electrons. The number of imidazole rings is 1. The first-order valence-electron chi connectivity index (χ1n) is 6.49. The van der Waals surface area contributed by atoms with Gasteiger partial charge in [-0.05, 0) is 46.6 Å². The Kier molecular flexibility index (Phi) is 3.59. The van der Waals surface area contributed by atoms with Crippen molar-refractivity contribution in [2.75, 3.05) is 14.2 Å². The predicted octanol–water partition coefficient (Wildman–Crippen LogP) is 4.09. The van der Waals surface area contributed by atoms with Gasteiger partial charge < -0.3 is 13.9 Å². The second-order valence-electron chi connectivity index (χ2n) is 4.76. The summed E-state index contributed by atoms with van der Waals surface area (Å²) in [5.74, 6) is 1.51. The van der Waals surface area contributed by atoms with E-state index in [2.05, 4.69) is 22.0 Å². The first-order valence-corrected chi connectivity index (χ1v) is 7.29. The number of aryl methyl sites for hydroxylation is 1. The van der Waals surface area contributed by atoms with Crippen LogP contribution in [-0.2, 0) is 0 Å². The summed E-state index contributed by atoms with van der Waals surface area (Å²) < 4.78 is 13.7. The van der Waals surface area contributed by atoms with Crippen LogP contribution in [-0.4, -0.2) is 23.6 Å². The van der Waals surface area contributed by atoms with Crippen molar-refractivity contribution in [2.45, 2.75) is 6.92 Å². The fourth-order valence-corrected chi connectivity index (χ4v) is 2.93. The van der Waals surface area contributed by atoms with Gasteiger partial charge in [0.1, 0.15) is 17.1 Å². The molecule has 21 heavy (non-hydrogen) atoms. The number of hydrogen-bond acceptors (Lipinski definition) is 3. The molecule has 0 aliphatic rings. The molecule has 1 aromatic carbocycles. The molecular weight excluding hydrogens is 332 g/mol. The van der Waals surface area contributed by atoms with E-state index in [-0.39, 0.29) is 0 Å². The second-order valence-corrected chi connectivity index (χ2v) is 5.68. The minimum absolute atomic E-state index is 0.745. The molecule has 5 heteroatoms. The first-order chi connectivity index (χ1) is 10.1. The zero-order chi connectivity index (χ0) is 15.0. The highest BCUT2D eigenvalue weighted by molar-refractivity contribution is 9.10. The van der Waals surface area contributed by atoms with Crippen molar-refractivity contribution in [1.29, 1.82) is 0 Å². The Bertz CT molecular complexity index is 811. The normalized spacial score (nSPS) is 10.9. The third-order valence-electron chi connectivity index (χ3n) is 3.39. The summed E-state index contributed by atoms with van der Waals surface area (Å²) in [4.78, 5) is 4.71. The number of benzene rings is 1. The van der Waals surface area contributed by atoms with Crippen LogP contribution in [0.4, 0.5) is 0 Å². The number of methoxy groups -OCH3 is 2. The predicted molar refractivity (Wildman–Crippen MR) is 86.2 cm³/mol. The number of aromatic nitrogens is 2. The smallest absolute Gasteiger partial charge is 0.140 e. The molecule has 4 nitrogen and oxygen atoms in total. The van der Waals surface area contributed by atoms with E-state index in [9.17, 15) is 0 Å². The molecule has 0 fully saturated rings. The summed E-state index contributed by atoms with van der Waals surface area (Å²) in [6.45, 7) is 2.04. The lowest BCUT2D eigenvalue weighted by atomic mass is 10.1. The zero-order valence-electron chi connectivity index (χ0n) is 12.1. The minimum atomic E-state index is 0.745. The van der Waals surface area contributed by atoms with Crippen molar-refractivity contribution in [3.63, 3.8) is 0 Å². The Hall–Kier alpha value is -2.01. The van der Waals surface area contributed by atoms with Crippen LogP contribution in [0.3, 0.4) is 0 Å². The van der Waals surface area contributed by atoms with Crippen molar-refractivity contribution in [3.8, 4) is 22.8 Å². The van der Waals surface area contributed by atoms with E-state index < -0.39 is 0 Å². The molecule has 0 amide bonds. The molecule has 0 saturated heterocycles. The van der Waals surface area contributed by atoms with E-state index in [4.69, 9.17) is 14.5 Å². The average molecular weight is 347 g/mol. The van der Waals surface area contributed by atoms with E-state index in [1.807, 2.05) is 41.9 Å². The molecular formula is C16H15BrN2O2. The molecule has 0 aliphatic heterocycles. The lowest BCUT2D eigenvalue weighted by Gasteiger charge is -2.08. The van der Waals surface area contributed by atoms with Crippen molar-refractivity contribution in [3.05, 3.63) is 46.7 Å². The average Bonchev–Trinajstić information content (AvgIpc) is 2.90. The van der Waals surface area contributed by atoms with Crippen LogP contribution in [0, 0.1) is 6.92 Å². The molecule has 0 N–H and O–H groups in total. The number of halogens is 1. The molecule has 2 heterocycles.